The van der Waals surface area contributed by atoms with Crippen molar-refractivity contribution in [2.45, 2.75) is 6.42 Å². The van der Waals surface area contributed by atoms with Crippen molar-refractivity contribution >= 4 is 11.5 Å². The van der Waals surface area contributed by atoms with E-state index in [1.165, 1.54) is 0 Å². The minimum absolute atomic E-state index is 0.0938. The summed E-state index contributed by atoms with van der Waals surface area (Å²) >= 11 is 0. The van der Waals surface area contributed by atoms with Crippen LogP contribution in [0.1, 0.15) is 16.8 Å². The van der Waals surface area contributed by atoms with Gasteiger partial charge < -0.3 is 5.73 Å². The van der Waals surface area contributed by atoms with Crippen molar-refractivity contribution in [2.75, 3.05) is 5.73 Å². The fourth-order valence-corrected chi connectivity index (χ4v) is 0.886. The minimum atomic E-state index is -0.190. The first-order valence-electron chi connectivity index (χ1n) is 3.49. The van der Waals surface area contributed by atoms with E-state index in [-0.39, 0.29) is 12.2 Å². The van der Waals surface area contributed by atoms with E-state index in [0.717, 1.165) is 0 Å². The van der Waals surface area contributed by atoms with Crippen LogP contribution < -0.4 is 5.73 Å². The van der Waals surface area contributed by atoms with Gasteiger partial charge in [-0.3, -0.25) is 4.79 Å². The monoisotopic (exact) mass is 160 g/mol. The zero-order valence-corrected chi connectivity index (χ0v) is 6.45. The summed E-state index contributed by atoms with van der Waals surface area (Å²) in [5.74, 6) is -0.190. The van der Waals surface area contributed by atoms with Gasteiger partial charge in [0.05, 0.1) is 12.5 Å². The largest absolute Gasteiger partial charge is 0.399 e. The fourth-order valence-electron chi connectivity index (χ4n) is 0.886. The van der Waals surface area contributed by atoms with E-state index in [4.69, 9.17) is 11.0 Å². The van der Waals surface area contributed by atoms with E-state index in [2.05, 4.69) is 0 Å². The van der Waals surface area contributed by atoms with Crippen molar-refractivity contribution in [3.8, 4) is 6.07 Å². The van der Waals surface area contributed by atoms with Crippen LogP contribution in [0.15, 0.2) is 24.3 Å². The van der Waals surface area contributed by atoms with E-state index >= 15 is 0 Å². The molecule has 0 saturated heterocycles. The van der Waals surface area contributed by atoms with Gasteiger partial charge in [-0.25, -0.2) is 0 Å². The number of anilines is 1. The molecule has 1 aromatic rings. The summed E-state index contributed by atoms with van der Waals surface area (Å²) in [6.07, 6.45) is -0.0938. The van der Waals surface area contributed by atoms with Gasteiger partial charge in [-0.2, -0.15) is 5.26 Å². The highest BCUT2D eigenvalue weighted by Gasteiger charge is 2.03. The first-order valence-corrected chi connectivity index (χ1v) is 3.49. The second-order valence-corrected chi connectivity index (χ2v) is 2.38. The van der Waals surface area contributed by atoms with Gasteiger partial charge in [0.25, 0.3) is 0 Å². The van der Waals surface area contributed by atoms with Crippen LogP contribution in [0.2, 0.25) is 0 Å². The second-order valence-electron chi connectivity index (χ2n) is 2.38. The number of hydrogen-bond acceptors (Lipinski definition) is 3. The van der Waals surface area contributed by atoms with E-state index in [0.29, 0.717) is 11.3 Å². The molecule has 0 atom stereocenters. The molecule has 0 aliphatic heterocycles. The normalized spacial score (nSPS) is 8.92. The molecule has 0 radical (unpaired) electrons. The molecule has 0 saturated carbocycles. The molecule has 3 heteroatoms. The van der Waals surface area contributed by atoms with Crippen LogP contribution in [-0.4, -0.2) is 5.78 Å². The van der Waals surface area contributed by atoms with Crippen LogP contribution in [0.3, 0.4) is 0 Å². The zero-order chi connectivity index (χ0) is 8.97. The van der Waals surface area contributed by atoms with Gasteiger partial charge in [-0.05, 0) is 12.1 Å². The number of Topliss-reactive ketones (excluding diaryl/α,β-unsaturated/α-hetero) is 1. The van der Waals surface area contributed by atoms with Gasteiger partial charge in [0.15, 0.2) is 5.78 Å². The molecule has 0 fully saturated rings. The Morgan fingerprint density at radius 1 is 1.58 bits per heavy atom. The van der Waals surface area contributed by atoms with Gasteiger partial charge in [0.1, 0.15) is 0 Å². The van der Waals surface area contributed by atoms with Crippen LogP contribution in [0, 0.1) is 11.3 Å². The lowest BCUT2D eigenvalue weighted by Crippen LogP contribution is -1.98. The smallest absolute Gasteiger partial charge is 0.176 e. The Hall–Kier alpha value is -1.82. The number of benzene rings is 1. The Labute approximate surface area is 70.4 Å². The lowest BCUT2D eigenvalue weighted by Gasteiger charge is -1.96. The first-order chi connectivity index (χ1) is 5.74. The number of nitrogen functional groups attached to an aromatic ring is 1. The number of nitrogens with zero attached hydrogens (tertiary/aromatic N) is 1. The van der Waals surface area contributed by atoms with E-state index in [1.54, 1.807) is 30.3 Å². The summed E-state index contributed by atoms with van der Waals surface area (Å²) in [6, 6.07) is 8.40. The van der Waals surface area contributed by atoms with Gasteiger partial charge in [-0.1, -0.05) is 12.1 Å². The summed E-state index contributed by atoms with van der Waals surface area (Å²) in [4.78, 5) is 11.1. The van der Waals surface area contributed by atoms with Crippen molar-refractivity contribution in [3.05, 3.63) is 29.8 Å². The third-order valence-corrected chi connectivity index (χ3v) is 1.45. The number of carbonyl (C=O) groups is 1. The summed E-state index contributed by atoms with van der Waals surface area (Å²) in [7, 11) is 0. The summed E-state index contributed by atoms with van der Waals surface area (Å²) in [5, 5.41) is 8.27. The quantitative estimate of drug-likeness (QED) is 0.524. The van der Waals surface area contributed by atoms with Gasteiger partial charge >= 0.3 is 0 Å². The number of nitrogens with two attached hydrogens (primary N) is 1. The van der Waals surface area contributed by atoms with E-state index in [1.807, 2.05) is 0 Å². The minimum Gasteiger partial charge on any atom is -0.399 e. The maximum Gasteiger partial charge on any atom is 0.176 e. The number of nitriles is 1. The topological polar surface area (TPSA) is 66.9 Å². The van der Waals surface area contributed by atoms with Crippen LogP contribution in [-0.2, 0) is 0 Å². The van der Waals surface area contributed by atoms with Crippen LogP contribution in [0.4, 0.5) is 5.69 Å². The second kappa shape index (κ2) is 3.54. The molecule has 0 bridgehead atoms. The van der Waals surface area contributed by atoms with Crippen molar-refractivity contribution in [2.24, 2.45) is 0 Å². The molecule has 0 aliphatic rings. The SMILES string of the molecule is N#CCC(=O)c1cccc(N)c1. The molecule has 3 nitrogen and oxygen atoms in total. The molecule has 60 valence electrons. The predicted octanol–water partition coefficient (Wildman–Crippen LogP) is 1.37. The third-order valence-electron chi connectivity index (χ3n) is 1.45. The Morgan fingerprint density at radius 3 is 2.92 bits per heavy atom. The summed E-state index contributed by atoms with van der Waals surface area (Å²) in [6.45, 7) is 0. The Morgan fingerprint density at radius 2 is 2.33 bits per heavy atom. The van der Waals surface area contributed by atoms with Crippen molar-refractivity contribution in [1.29, 1.82) is 5.26 Å². The zero-order valence-electron chi connectivity index (χ0n) is 6.45. The molecular formula is C9H8N2O. The molecule has 0 spiro atoms. The third kappa shape index (κ3) is 1.83. The molecule has 2 N–H and O–H groups in total. The Bertz CT molecular complexity index is 339. The number of rotatable bonds is 2. The van der Waals surface area contributed by atoms with Gasteiger partial charge in [-0.15, -0.1) is 0 Å². The lowest BCUT2D eigenvalue weighted by molar-refractivity contribution is 0.0998. The predicted molar refractivity (Wildman–Crippen MR) is 45.4 cm³/mol. The molecule has 0 aliphatic carbocycles. The molecule has 12 heavy (non-hydrogen) atoms. The molecule has 0 unspecified atom stereocenters. The van der Waals surface area contributed by atoms with Gasteiger partial charge in [0, 0.05) is 11.3 Å². The maximum absolute atomic E-state index is 11.1. The standard InChI is InChI=1S/C9H8N2O/c10-5-4-9(12)7-2-1-3-8(11)6-7/h1-3,6H,4,11H2. The highest BCUT2D eigenvalue weighted by molar-refractivity contribution is 5.97. The molecule has 1 aromatic carbocycles. The van der Waals surface area contributed by atoms with Crippen LogP contribution >= 0.6 is 0 Å². The van der Waals surface area contributed by atoms with Gasteiger partial charge in [0.2, 0.25) is 0 Å². The van der Waals surface area contributed by atoms with E-state index in [9.17, 15) is 4.79 Å². The first kappa shape index (κ1) is 8.28. The number of carbonyl (C=O) groups excluding carboxylic acids is 1. The Balaban J connectivity index is 2.90. The molecular weight excluding hydrogens is 152 g/mol. The summed E-state index contributed by atoms with van der Waals surface area (Å²) in [5.41, 5.74) is 6.49. The fraction of sp³-hybridized carbons (Fsp3) is 0.111. The van der Waals surface area contributed by atoms with E-state index < -0.39 is 0 Å². The van der Waals surface area contributed by atoms with Crippen molar-refractivity contribution in [3.63, 3.8) is 0 Å². The van der Waals surface area contributed by atoms with Crippen LogP contribution in [0.5, 0.6) is 0 Å². The average Bonchev–Trinajstić information content (AvgIpc) is 2.05. The number of ketones is 1. The highest BCUT2D eigenvalue weighted by Crippen LogP contribution is 2.08. The molecule has 0 heterocycles. The number of hydrogen-bond donors (Lipinski definition) is 1. The maximum atomic E-state index is 11.1. The average molecular weight is 160 g/mol. The molecule has 0 aromatic heterocycles. The molecule has 1 rings (SSSR count). The summed E-state index contributed by atoms with van der Waals surface area (Å²) < 4.78 is 0. The van der Waals surface area contributed by atoms with Crippen molar-refractivity contribution in [1.82, 2.24) is 0 Å². The highest BCUT2D eigenvalue weighted by atomic mass is 16.1. The van der Waals surface area contributed by atoms with Crippen LogP contribution in [0.25, 0.3) is 0 Å². The lowest BCUT2D eigenvalue weighted by atomic mass is 10.1. The van der Waals surface area contributed by atoms with Crippen molar-refractivity contribution < 1.29 is 4.79 Å². The Kier molecular flexibility index (Phi) is 2.44. The molecule has 0 amide bonds.